The number of amides is 3. The van der Waals surface area contributed by atoms with Crippen LogP contribution in [-0.2, 0) is 9.59 Å². The van der Waals surface area contributed by atoms with E-state index in [1.165, 1.54) is 6.42 Å². The summed E-state index contributed by atoms with van der Waals surface area (Å²) >= 11 is 0. The van der Waals surface area contributed by atoms with Gasteiger partial charge in [-0.1, -0.05) is 37.5 Å². The lowest BCUT2D eigenvalue weighted by molar-refractivity contribution is -0.121. The highest BCUT2D eigenvalue weighted by atomic mass is 16.5. The minimum atomic E-state index is -0.455. The smallest absolute Gasteiger partial charge is 0.255 e. The number of primary amides is 1. The molecule has 1 aliphatic rings. The molecule has 1 fully saturated rings. The Hall–Kier alpha value is -3.35. The number of nitrogens with one attached hydrogen (secondary N) is 2. The summed E-state index contributed by atoms with van der Waals surface area (Å²) in [6.07, 6.45) is 5.28. The molecule has 30 heavy (non-hydrogen) atoms. The van der Waals surface area contributed by atoms with Gasteiger partial charge in [0.05, 0.1) is 18.7 Å². The van der Waals surface area contributed by atoms with Gasteiger partial charge < -0.3 is 21.1 Å². The van der Waals surface area contributed by atoms with Crippen molar-refractivity contribution in [2.75, 3.05) is 17.2 Å². The zero-order valence-corrected chi connectivity index (χ0v) is 16.9. The van der Waals surface area contributed by atoms with Gasteiger partial charge in [0.2, 0.25) is 11.8 Å². The van der Waals surface area contributed by atoms with E-state index in [1.807, 2.05) is 0 Å². The summed E-state index contributed by atoms with van der Waals surface area (Å²) in [5.41, 5.74) is 6.64. The lowest BCUT2D eigenvalue weighted by Crippen LogP contribution is -2.24. The average Bonchev–Trinajstić information content (AvgIpc) is 2.75. The molecule has 0 spiro atoms. The highest BCUT2D eigenvalue weighted by molar-refractivity contribution is 6.06. The van der Waals surface area contributed by atoms with Crippen LogP contribution in [0.4, 0.5) is 11.4 Å². The number of nitrogens with two attached hydrogens (primary N) is 1. The fraction of sp³-hybridized carbons (Fsp3) is 0.348. The number of hydrogen-bond acceptors (Lipinski definition) is 4. The molecule has 0 radical (unpaired) electrons. The molecule has 0 unspecified atom stereocenters. The first-order valence-electron chi connectivity index (χ1n) is 10.3. The van der Waals surface area contributed by atoms with Crippen molar-refractivity contribution in [3.05, 3.63) is 54.1 Å². The second kappa shape index (κ2) is 10.4. The van der Waals surface area contributed by atoms with E-state index in [1.54, 1.807) is 48.5 Å². The number of anilines is 2. The van der Waals surface area contributed by atoms with Crippen molar-refractivity contribution in [1.29, 1.82) is 0 Å². The van der Waals surface area contributed by atoms with Crippen LogP contribution in [-0.4, -0.2) is 24.3 Å². The number of hydrogen-bond donors (Lipinski definition) is 3. The van der Waals surface area contributed by atoms with E-state index in [-0.39, 0.29) is 30.8 Å². The van der Waals surface area contributed by atoms with Gasteiger partial charge in [0, 0.05) is 17.2 Å². The van der Waals surface area contributed by atoms with Crippen LogP contribution in [0.25, 0.3) is 0 Å². The summed E-state index contributed by atoms with van der Waals surface area (Å²) in [5, 5.41) is 5.75. The van der Waals surface area contributed by atoms with Crippen LogP contribution in [0.15, 0.2) is 48.5 Å². The zero-order chi connectivity index (χ0) is 21.3. The molecule has 0 atom stereocenters. The van der Waals surface area contributed by atoms with Crippen LogP contribution in [0.5, 0.6) is 5.75 Å². The first-order valence-corrected chi connectivity index (χ1v) is 10.3. The van der Waals surface area contributed by atoms with Gasteiger partial charge in [-0.05, 0) is 43.2 Å². The van der Waals surface area contributed by atoms with Gasteiger partial charge in [-0.15, -0.1) is 0 Å². The van der Waals surface area contributed by atoms with Crippen LogP contribution in [0, 0.1) is 5.92 Å². The van der Waals surface area contributed by atoms with Crippen molar-refractivity contribution >= 4 is 29.1 Å². The first-order chi connectivity index (χ1) is 14.5. The van der Waals surface area contributed by atoms with Crippen molar-refractivity contribution in [3.8, 4) is 5.75 Å². The highest BCUT2D eigenvalue weighted by Gasteiger charge is 2.21. The molecular weight excluding hydrogens is 382 g/mol. The Morgan fingerprint density at radius 3 is 2.50 bits per heavy atom. The van der Waals surface area contributed by atoms with Gasteiger partial charge in [0.25, 0.3) is 5.91 Å². The molecule has 2 aromatic rings. The molecule has 0 aromatic heterocycles. The van der Waals surface area contributed by atoms with Gasteiger partial charge in [0.15, 0.2) is 0 Å². The van der Waals surface area contributed by atoms with Crippen LogP contribution in [0.2, 0.25) is 0 Å². The van der Waals surface area contributed by atoms with Crippen molar-refractivity contribution in [2.24, 2.45) is 11.7 Å². The van der Waals surface area contributed by atoms with E-state index >= 15 is 0 Å². The van der Waals surface area contributed by atoms with Crippen LogP contribution < -0.4 is 21.1 Å². The second-order valence-corrected chi connectivity index (χ2v) is 7.42. The Balaban J connectivity index is 1.64. The molecule has 3 rings (SSSR count). The second-order valence-electron chi connectivity index (χ2n) is 7.42. The fourth-order valence-electron chi connectivity index (χ4n) is 3.50. The van der Waals surface area contributed by atoms with Crippen molar-refractivity contribution in [1.82, 2.24) is 0 Å². The molecule has 7 nitrogen and oxygen atoms in total. The minimum Gasteiger partial charge on any atom is -0.491 e. The lowest BCUT2D eigenvalue weighted by Gasteiger charge is -2.20. The molecule has 1 aliphatic carbocycles. The Kier molecular flexibility index (Phi) is 7.43. The maximum Gasteiger partial charge on any atom is 0.255 e. The summed E-state index contributed by atoms with van der Waals surface area (Å²) in [5.74, 6) is -0.270. The van der Waals surface area contributed by atoms with E-state index < -0.39 is 5.91 Å². The molecule has 2 aromatic carbocycles. The van der Waals surface area contributed by atoms with Gasteiger partial charge in [0.1, 0.15) is 5.75 Å². The van der Waals surface area contributed by atoms with Gasteiger partial charge in [-0.25, -0.2) is 0 Å². The van der Waals surface area contributed by atoms with Crippen molar-refractivity contribution < 1.29 is 19.1 Å². The normalized spacial score (nSPS) is 14.0. The quantitative estimate of drug-likeness (QED) is 0.617. The number of carbonyl (C=O) groups is 3. The van der Waals surface area contributed by atoms with E-state index in [0.717, 1.165) is 25.7 Å². The molecule has 7 heteroatoms. The number of para-hydroxylation sites is 2. The molecule has 0 bridgehead atoms. The molecule has 158 valence electrons. The summed E-state index contributed by atoms with van der Waals surface area (Å²) in [6.45, 7) is 0.130. The molecule has 0 saturated heterocycles. The molecular formula is C23H27N3O4. The van der Waals surface area contributed by atoms with Crippen LogP contribution in [0.3, 0.4) is 0 Å². The third-order valence-corrected chi connectivity index (χ3v) is 5.11. The van der Waals surface area contributed by atoms with E-state index in [0.29, 0.717) is 22.7 Å². The Labute approximate surface area is 176 Å². The van der Waals surface area contributed by atoms with E-state index in [2.05, 4.69) is 10.6 Å². The molecule has 0 aliphatic heterocycles. The number of rotatable bonds is 8. The third kappa shape index (κ3) is 6.07. The van der Waals surface area contributed by atoms with E-state index in [9.17, 15) is 14.4 Å². The number of carbonyl (C=O) groups excluding carboxylic acids is 3. The molecule has 4 N–H and O–H groups in total. The topological polar surface area (TPSA) is 111 Å². The zero-order valence-electron chi connectivity index (χ0n) is 16.9. The van der Waals surface area contributed by atoms with E-state index in [4.69, 9.17) is 10.5 Å². The van der Waals surface area contributed by atoms with Crippen LogP contribution >= 0.6 is 0 Å². The average molecular weight is 409 g/mol. The lowest BCUT2D eigenvalue weighted by atomic mass is 9.88. The Morgan fingerprint density at radius 1 is 0.967 bits per heavy atom. The predicted octanol–water partition coefficient (Wildman–Crippen LogP) is 3.71. The fourth-order valence-corrected chi connectivity index (χ4v) is 3.50. The summed E-state index contributed by atoms with van der Waals surface area (Å²) in [6, 6.07) is 13.8. The molecule has 1 saturated carbocycles. The third-order valence-electron chi connectivity index (χ3n) is 5.11. The van der Waals surface area contributed by atoms with Crippen molar-refractivity contribution in [2.45, 2.75) is 38.5 Å². The minimum absolute atomic E-state index is 0.0143. The van der Waals surface area contributed by atoms with Gasteiger partial charge >= 0.3 is 0 Å². The summed E-state index contributed by atoms with van der Waals surface area (Å²) in [7, 11) is 0. The Morgan fingerprint density at radius 2 is 1.73 bits per heavy atom. The number of ether oxygens (including phenoxy) is 1. The van der Waals surface area contributed by atoms with Crippen LogP contribution in [0.1, 0.15) is 48.9 Å². The molecule has 3 amide bonds. The molecule has 0 heterocycles. The first kappa shape index (κ1) is 21.4. The standard InChI is InChI=1S/C23H27N3O4/c24-21(27)13-14-30-20-12-5-4-11-19(20)26-23(29)17-9-6-10-18(15-17)25-22(28)16-7-2-1-3-8-16/h4-6,9-12,15-16H,1-3,7-8,13-14H2,(H2,24,27)(H,25,28)(H,26,29). The SMILES string of the molecule is NC(=O)CCOc1ccccc1NC(=O)c1cccc(NC(=O)C2CCCCC2)c1. The largest absolute Gasteiger partial charge is 0.491 e. The predicted molar refractivity (Wildman–Crippen MR) is 115 cm³/mol. The maximum absolute atomic E-state index is 12.7. The maximum atomic E-state index is 12.7. The van der Waals surface area contributed by atoms with Gasteiger partial charge in [-0.2, -0.15) is 0 Å². The monoisotopic (exact) mass is 409 g/mol. The number of benzene rings is 2. The summed E-state index contributed by atoms with van der Waals surface area (Å²) < 4.78 is 5.56. The Bertz CT molecular complexity index is 907. The van der Waals surface area contributed by atoms with Crippen molar-refractivity contribution in [3.63, 3.8) is 0 Å². The highest BCUT2D eigenvalue weighted by Crippen LogP contribution is 2.26. The van der Waals surface area contributed by atoms with Gasteiger partial charge in [-0.3, -0.25) is 14.4 Å². The summed E-state index contributed by atoms with van der Waals surface area (Å²) in [4.78, 5) is 36.1.